The molecule has 0 spiro atoms. The summed E-state index contributed by atoms with van der Waals surface area (Å²) in [6.07, 6.45) is 2.08. The molecule has 0 aromatic rings. The summed E-state index contributed by atoms with van der Waals surface area (Å²) in [7, 11) is 5.95. The molecule has 0 aromatic carbocycles. The maximum Gasteiger partial charge on any atom is 0.0465 e. The fraction of sp³-hybridized carbons (Fsp3) is 1.00. The van der Waals surface area contributed by atoms with Crippen molar-refractivity contribution in [3.8, 4) is 0 Å². The van der Waals surface area contributed by atoms with E-state index in [9.17, 15) is 0 Å². The minimum absolute atomic E-state index is 0.0713. The van der Waals surface area contributed by atoms with Gasteiger partial charge in [-0.15, -0.1) is 0 Å². The van der Waals surface area contributed by atoms with Crippen LogP contribution in [0.5, 0.6) is 0 Å². The van der Waals surface area contributed by atoms with E-state index in [4.69, 9.17) is 10.6 Å². The van der Waals surface area contributed by atoms with E-state index in [1.165, 1.54) is 0 Å². The third kappa shape index (κ3) is 3.70. The molecule has 0 amide bonds. The summed E-state index contributed by atoms with van der Waals surface area (Å²) in [6, 6.07) is 0.266. The lowest BCUT2D eigenvalue weighted by Crippen LogP contribution is -2.61. The van der Waals surface area contributed by atoms with Gasteiger partial charge in [-0.05, 0) is 39.8 Å². The first-order valence-corrected chi connectivity index (χ1v) is 6.06. The van der Waals surface area contributed by atoms with E-state index >= 15 is 0 Å². The highest BCUT2D eigenvalue weighted by atomic mass is 16.5. The van der Waals surface area contributed by atoms with Crippen molar-refractivity contribution in [2.45, 2.75) is 45.2 Å². The van der Waals surface area contributed by atoms with E-state index in [0.29, 0.717) is 5.92 Å². The molecule has 0 saturated heterocycles. The monoisotopic (exact) mass is 231 g/mol. The molecular weight excluding hydrogens is 202 g/mol. The van der Waals surface area contributed by atoms with Gasteiger partial charge in [-0.2, -0.15) is 0 Å². The summed E-state index contributed by atoms with van der Waals surface area (Å²) in [4.78, 5) is 2.25. The van der Waals surface area contributed by atoms with Crippen molar-refractivity contribution < 1.29 is 4.74 Å². The molecule has 4 nitrogen and oxygen atoms in total. The quantitative estimate of drug-likeness (QED) is 0.487. The molecule has 3 N–H and O–H groups in total. The highest BCUT2D eigenvalue weighted by molar-refractivity contribution is 4.95. The van der Waals surface area contributed by atoms with E-state index < -0.39 is 0 Å². The lowest BCUT2D eigenvalue weighted by atomic mass is 9.80. The van der Waals surface area contributed by atoms with Gasteiger partial charge in [0, 0.05) is 25.3 Å². The lowest BCUT2D eigenvalue weighted by molar-refractivity contribution is 0.0717. The van der Waals surface area contributed by atoms with Crippen LogP contribution in [0.1, 0.15) is 33.6 Å². The van der Waals surface area contributed by atoms with Crippen LogP contribution in [0.2, 0.25) is 0 Å². The van der Waals surface area contributed by atoms with Gasteiger partial charge in [0.2, 0.25) is 0 Å². The average Bonchev–Trinajstić information content (AvgIpc) is 2.26. The van der Waals surface area contributed by atoms with Crippen LogP contribution in [0.3, 0.4) is 0 Å². The molecular formula is C12H29N3O. The summed E-state index contributed by atoms with van der Waals surface area (Å²) < 4.78 is 5.13. The number of rotatable bonds is 8. The summed E-state index contributed by atoms with van der Waals surface area (Å²) >= 11 is 0. The van der Waals surface area contributed by atoms with Crippen LogP contribution < -0.4 is 11.3 Å². The van der Waals surface area contributed by atoms with Crippen molar-refractivity contribution in [1.29, 1.82) is 0 Å². The molecule has 0 rings (SSSR count). The highest BCUT2D eigenvalue weighted by Crippen LogP contribution is 2.27. The Labute approximate surface area is 100 Å². The Morgan fingerprint density at radius 3 is 2.31 bits per heavy atom. The van der Waals surface area contributed by atoms with Crippen molar-refractivity contribution in [2.75, 3.05) is 27.8 Å². The van der Waals surface area contributed by atoms with E-state index in [0.717, 1.165) is 19.4 Å². The SMILES string of the molecule is CCC(C)(C(NN)C(C)CCOC)N(C)C. The Kier molecular flexibility index (Phi) is 7.15. The molecule has 0 heterocycles. The van der Waals surface area contributed by atoms with Gasteiger partial charge >= 0.3 is 0 Å². The molecule has 0 fully saturated rings. The minimum atomic E-state index is 0.0713. The molecule has 0 aliphatic heterocycles. The number of methoxy groups -OCH3 is 1. The Morgan fingerprint density at radius 1 is 1.44 bits per heavy atom. The van der Waals surface area contributed by atoms with Gasteiger partial charge in [-0.3, -0.25) is 11.3 Å². The van der Waals surface area contributed by atoms with Gasteiger partial charge in [0.1, 0.15) is 0 Å². The van der Waals surface area contributed by atoms with Gasteiger partial charge in [0.25, 0.3) is 0 Å². The predicted octanol–water partition coefficient (Wildman–Crippen LogP) is 1.22. The smallest absolute Gasteiger partial charge is 0.0465 e. The van der Waals surface area contributed by atoms with Crippen molar-refractivity contribution in [2.24, 2.45) is 11.8 Å². The predicted molar refractivity (Wildman–Crippen MR) is 69.2 cm³/mol. The second-order valence-corrected chi connectivity index (χ2v) is 5.01. The van der Waals surface area contributed by atoms with Crippen LogP contribution in [0.25, 0.3) is 0 Å². The summed E-state index contributed by atoms with van der Waals surface area (Å²) in [5.74, 6) is 6.21. The molecule has 0 saturated carbocycles. The molecule has 3 unspecified atom stereocenters. The summed E-state index contributed by atoms with van der Waals surface area (Å²) in [6.45, 7) is 7.46. The minimum Gasteiger partial charge on any atom is -0.385 e. The number of ether oxygens (including phenoxy) is 1. The largest absolute Gasteiger partial charge is 0.385 e. The third-order valence-electron chi connectivity index (χ3n) is 3.93. The number of hydrogen-bond donors (Lipinski definition) is 2. The summed E-state index contributed by atoms with van der Waals surface area (Å²) in [5.41, 5.74) is 3.06. The average molecular weight is 231 g/mol. The zero-order chi connectivity index (χ0) is 12.8. The fourth-order valence-corrected chi connectivity index (χ4v) is 2.24. The van der Waals surface area contributed by atoms with Crippen LogP contribution in [0.15, 0.2) is 0 Å². The van der Waals surface area contributed by atoms with E-state index in [1.54, 1.807) is 7.11 Å². The van der Waals surface area contributed by atoms with Crippen molar-refractivity contribution in [1.82, 2.24) is 10.3 Å². The first-order valence-electron chi connectivity index (χ1n) is 6.06. The van der Waals surface area contributed by atoms with Crippen molar-refractivity contribution >= 4 is 0 Å². The first-order chi connectivity index (χ1) is 7.43. The maximum absolute atomic E-state index is 5.73. The van der Waals surface area contributed by atoms with Gasteiger partial charge < -0.3 is 9.64 Å². The van der Waals surface area contributed by atoms with E-state index in [-0.39, 0.29) is 11.6 Å². The zero-order valence-corrected chi connectivity index (χ0v) is 11.7. The molecule has 0 aromatic heterocycles. The third-order valence-corrected chi connectivity index (χ3v) is 3.93. The van der Waals surface area contributed by atoms with Crippen LogP contribution in [0, 0.1) is 5.92 Å². The number of hydrogen-bond acceptors (Lipinski definition) is 4. The highest BCUT2D eigenvalue weighted by Gasteiger charge is 2.37. The fourth-order valence-electron chi connectivity index (χ4n) is 2.24. The zero-order valence-electron chi connectivity index (χ0n) is 11.7. The van der Waals surface area contributed by atoms with Crippen molar-refractivity contribution in [3.63, 3.8) is 0 Å². The number of nitrogens with zero attached hydrogens (tertiary/aromatic N) is 1. The summed E-state index contributed by atoms with van der Waals surface area (Å²) in [5, 5.41) is 0. The van der Waals surface area contributed by atoms with Gasteiger partial charge in [0.15, 0.2) is 0 Å². The van der Waals surface area contributed by atoms with E-state index in [2.05, 4.69) is 45.2 Å². The number of likely N-dealkylation sites (N-methyl/N-ethyl adjacent to an activating group) is 1. The van der Waals surface area contributed by atoms with Crippen LogP contribution >= 0.6 is 0 Å². The van der Waals surface area contributed by atoms with Gasteiger partial charge in [-0.25, -0.2) is 0 Å². The van der Waals surface area contributed by atoms with Crippen LogP contribution in [-0.2, 0) is 4.74 Å². The molecule has 3 atom stereocenters. The second-order valence-electron chi connectivity index (χ2n) is 5.01. The Balaban J connectivity index is 4.66. The number of nitrogens with two attached hydrogens (primary N) is 1. The van der Waals surface area contributed by atoms with Gasteiger partial charge in [-0.1, -0.05) is 13.8 Å². The molecule has 4 heteroatoms. The Morgan fingerprint density at radius 2 is 2.00 bits per heavy atom. The molecule has 16 heavy (non-hydrogen) atoms. The normalized spacial score (nSPS) is 19.5. The Hall–Kier alpha value is -0.160. The lowest BCUT2D eigenvalue weighted by Gasteiger charge is -2.45. The maximum atomic E-state index is 5.73. The Bertz CT molecular complexity index is 187. The molecule has 98 valence electrons. The standard InChI is InChI=1S/C12H29N3O/c1-7-12(3,15(4)5)11(14-13)10(2)8-9-16-6/h10-11,14H,7-9,13H2,1-6H3. The second kappa shape index (κ2) is 7.22. The van der Waals surface area contributed by atoms with Gasteiger partial charge in [0.05, 0.1) is 0 Å². The molecule has 0 radical (unpaired) electrons. The number of nitrogens with one attached hydrogen (secondary N) is 1. The molecule has 0 aliphatic carbocycles. The molecule has 0 bridgehead atoms. The van der Waals surface area contributed by atoms with E-state index in [1.807, 2.05) is 0 Å². The van der Waals surface area contributed by atoms with Crippen LogP contribution in [-0.4, -0.2) is 44.3 Å². The van der Waals surface area contributed by atoms with Crippen LogP contribution in [0.4, 0.5) is 0 Å². The number of hydrazine groups is 1. The first kappa shape index (κ1) is 15.8. The van der Waals surface area contributed by atoms with Crippen molar-refractivity contribution in [3.05, 3.63) is 0 Å². The topological polar surface area (TPSA) is 50.5 Å². The molecule has 0 aliphatic rings.